The zero-order valence-corrected chi connectivity index (χ0v) is 16.7. The molecule has 9 nitrogen and oxygen atoms in total. The summed E-state index contributed by atoms with van der Waals surface area (Å²) in [4.78, 5) is 24.9. The third-order valence-electron chi connectivity index (χ3n) is 6.63. The van der Waals surface area contributed by atoms with Gasteiger partial charge in [0.1, 0.15) is 30.5 Å². The van der Waals surface area contributed by atoms with Crippen molar-refractivity contribution in [1.29, 1.82) is 0 Å². The van der Waals surface area contributed by atoms with E-state index in [0.717, 1.165) is 5.57 Å². The molecule has 164 valence electrons. The molecule has 0 unspecified atom stereocenters. The van der Waals surface area contributed by atoms with Crippen molar-refractivity contribution >= 4 is 11.8 Å². The molecule has 9 heteroatoms. The Labute approximate surface area is 173 Å². The van der Waals surface area contributed by atoms with E-state index in [-0.39, 0.29) is 12.2 Å². The fourth-order valence-electron chi connectivity index (χ4n) is 4.91. The number of ether oxygens (including phenoxy) is 3. The Bertz CT molecular complexity index is 841. The van der Waals surface area contributed by atoms with Crippen LogP contribution in [0, 0.1) is 11.8 Å². The number of carbonyl (C=O) groups is 2. The first-order chi connectivity index (χ1) is 14.1. The molecule has 30 heavy (non-hydrogen) atoms. The van der Waals surface area contributed by atoms with Gasteiger partial charge in [-0.2, -0.15) is 0 Å². The molecule has 4 rings (SSSR count). The summed E-state index contributed by atoms with van der Waals surface area (Å²) < 4.78 is 17.0. The number of hydrogen-bond acceptors (Lipinski definition) is 9. The van der Waals surface area contributed by atoms with Gasteiger partial charge in [-0.1, -0.05) is 12.2 Å². The number of carbonyl (C=O) groups excluding carboxylic acids is 2. The highest BCUT2D eigenvalue weighted by Gasteiger charge is 2.52. The highest BCUT2D eigenvalue weighted by Crippen LogP contribution is 2.48. The average Bonchev–Trinajstić information content (AvgIpc) is 3.11. The Morgan fingerprint density at radius 1 is 1.17 bits per heavy atom. The Morgan fingerprint density at radius 3 is 2.53 bits per heavy atom. The number of aliphatic hydroxyl groups excluding tert-OH is 4. The summed E-state index contributed by atoms with van der Waals surface area (Å²) >= 11 is 0. The maximum Gasteiger partial charge on any atom is 0.334 e. The third kappa shape index (κ3) is 3.17. The van der Waals surface area contributed by atoms with Gasteiger partial charge in [0.05, 0.1) is 12.7 Å². The maximum absolute atomic E-state index is 12.7. The summed E-state index contributed by atoms with van der Waals surface area (Å²) in [7, 11) is 0. The number of esters is 1. The van der Waals surface area contributed by atoms with Crippen LogP contribution in [0.4, 0.5) is 0 Å². The Kier molecular flexibility index (Phi) is 5.46. The molecule has 0 aromatic rings. The van der Waals surface area contributed by atoms with Crippen LogP contribution >= 0.6 is 0 Å². The highest BCUT2D eigenvalue weighted by molar-refractivity contribution is 6.09. The second-order valence-corrected chi connectivity index (χ2v) is 8.39. The van der Waals surface area contributed by atoms with Gasteiger partial charge in [0.15, 0.2) is 12.1 Å². The van der Waals surface area contributed by atoms with E-state index in [0.29, 0.717) is 16.7 Å². The number of ketones is 1. The molecule has 2 aliphatic heterocycles. The molecule has 0 saturated carbocycles. The van der Waals surface area contributed by atoms with Crippen LogP contribution in [0.1, 0.15) is 20.3 Å². The summed E-state index contributed by atoms with van der Waals surface area (Å²) in [6.07, 6.45) is -6.65. The lowest BCUT2D eigenvalue weighted by Gasteiger charge is -2.41. The van der Waals surface area contributed by atoms with E-state index in [4.69, 9.17) is 14.2 Å². The minimum Gasteiger partial charge on any atom is -0.457 e. The van der Waals surface area contributed by atoms with Crippen molar-refractivity contribution in [2.45, 2.75) is 63.2 Å². The van der Waals surface area contributed by atoms with Gasteiger partial charge in [-0.05, 0) is 31.9 Å². The summed E-state index contributed by atoms with van der Waals surface area (Å²) in [5, 5.41) is 39.8. The van der Waals surface area contributed by atoms with E-state index in [2.05, 4.69) is 6.58 Å². The van der Waals surface area contributed by atoms with Crippen LogP contribution in [0.3, 0.4) is 0 Å². The quantitative estimate of drug-likeness (QED) is 0.337. The molecule has 2 saturated heterocycles. The molecule has 0 aromatic carbocycles. The lowest BCUT2D eigenvalue weighted by molar-refractivity contribution is -0.309. The monoisotopic (exact) mass is 422 g/mol. The van der Waals surface area contributed by atoms with Crippen molar-refractivity contribution in [3.05, 3.63) is 34.9 Å². The van der Waals surface area contributed by atoms with E-state index in [1.165, 1.54) is 6.08 Å². The van der Waals surface area contributed by atoms with Crippen LogP contribution in [0.2, 0.25) is 0 Å². The van der Waals surface area contributed by atoms with Crippen molar-refractivity contribution in [3.8, 4) is 0 Å². The van der Waals surface area contributed by atoms with Gasteiger partial charge in [-0.25, -0.2) is 4.79 Å². The Morgan fingerprint density at radius 2 is 1.87 bits per heavy atom. The van der Waals surface area contributed by atoms with E-state index in [1.807, 2.05) is 6.92 Å². The van der Waals surface area contributed by atoms with Crippen molar-refractivity contribution in [1.82, 2.24) is 0 Å². The van der Waals surface area contributed by atoms with E-state index >= 15 is 0 Å². The summed E-state index contributed by atoms with van der Waals surface area (Å²) in [6, 6.07) is 0. The lowest BCUT2D eigenvalue weighted by Crippen LogP contribution is -2.59. The molecular weight excluding hydrogens is 396 g/mol. The first-order valence-corrected chi connectivity index (χ1v) is 9.94. The van der Waals surface area contributed by atoms with Gasteiger partial charge in [0, 0.05) is 23.0 Å². The topological polar surface area (TPSA) is 143 Å². The smallest absolute Gasteiger partial charge is 0.334 e. The summed E-state index contributed by atoms with van der Waals surface area (Å²) in [6.45, 7) is 6.82. The maximum atomic E-state index is 12.7. The number of aliphatic hydroxyl groups is 4. The molecule has 0 spiro atoms. The predicted octanol–water partition coefficient (Wildman–Crippen LogP) is -0.865. The van der Waals surface area contributed by atoms with Gasteiger partial charge in [-0.15, -0.1) is 0 Å². The predicted molar refractivity (Wildman–Crippen MR) is 101 cm³/mol. The summed E-state index contributed by atoms with van der Waals surface area (Å²) in [5.41, 5.74) is 2.19. The van der Waals surface area contributed by atoms with Gasteiger partial charge in [0.2, 0.25) is 0 Å². The Balaban J connectivity index is 1.68. The lowest BCUT2D eigenvalue weighted by atomic mass is 9.83. The minimum absolute atomic E-state index is 0.188. The first-order valence-electron chi connectivity index (χ1n) is 9.94. The van der Waals surface area contributed by atoms with E-state index in [1.54, 1.807) is 6.92 Å². The van der Waals surface area contributed by atoms with Crippen LogP contribution < -0.4 is 0 Å². The van der Waals surface area contributed by atoms with Gasteiger partial charge in [-0.3, -0.25) is 4.79 Å². The zero-order valence-electron chi connectivity index (χ0n) is 16.7. The largest absolute Gasteiger partial charge is 0.457 e. The summed E-state index contributed by atoms with van der Waals surface area (Å²) in [5.74, 6) is -1.50. The van der Waals surface area contributed by atoms with Crippen LogP contribution in [0.5, 0.6) is 0 Å². The van der Waals surface area contributed by atoms with Crippen molar-refractivity contribution < 1.29 is 44.2 Å². The van der Waals surface area contributed by atoms with Crippen LogP contribution in [0.25, 0.3) is 0 Å². The number of hydrogen-bond donors (Lipinski definition) is 4. The van der Waals surface area contributed by atoms with E-state index in [9.17, 15) is 30.0 Å². The van der Waals surface area contributed by atoms with Crippen LogP contribution in [-0.4, -0.2) is 81.7 Å². The number of fused-ring (bicyclic) bond motifs is 3. The number of allylic oxidation sites excluding steroid dienone is 1. The minimum atomic E-state index is -1.58. The van der Waals surface area contributed by atoms with Crippen LogP contribution in [-0.2, 0) is 23.8 Å². The van der Waals surface area contributed by atoms with Crippen LogP contribution in [0.15, 0.2) is 34.9 Å². The fraction of sp³-hybridized carbons (Fsp3) is 0.619. The molecule has 0 radical (unpaired) electrons. The molecule has 2 aliphatic carbocycles. The van der Waals surface area contributed by atoms with Crippen molar-refractivity contribution in [3.63, 3.8) is 0 Å². The van der Waals surface area contributed by atoms with Gasteiger partial charge in [0.25, 0.3) is 0 Å². The van der Waals surface area contributed by atoms with Crippen molar-refractivity contribution in [2.24, 2.45) is 11.8 Å². The van der Waals surface area contributed by atoms with Gasteiger partial charge < -0.3 is 34.6 Å². The molecule has 9 atom stereocenters. The highest BCUT2D eigenvalue weighted by atomic mass is 16.7. The standard InChI is InChI=1S/C21H26O9/c1-7-4-11(23)15-9(3)12(5-10-8(2)20(27)30-19(10)14(7)15)28-21-18(26)17(25)16(24)13(6-22)29-21/h4,10,12-14,16-19,21-22,24-26H,2,5-6H2,1,3H3/t10-,12+,13+,14-,16+,17-,18+,19-,21+/m0/s1. The molecule has 0 amide bonds. The molecule has 2 heterocycles. The molecule has 4 N–H and O–H groups in total. The molecular formula is C21H26O9. The van der Waals surface area contributed by atoms with Gasteiger partial charge >= 0.3 is 5.97 Å². The second-order valence-electron chi connectivity index (χ2n) is 8.39. The van der Waals surface area contributed by atoms with E-state index < -0.39 is 67.3 Å². The molecule has 4 aliphatic rings. The number of rotatable bonds is 3. The average molecular weight is 422 g/mol. The molecule has 0 bridgehead atoms. The second kappa shape index (κ2) is 7.67. The SMILES string of the molecule is C=C1C(=O)O[C@@H]2[C@H]3C(C)=CC(=O)C3=C(C)[C@H](O[C@@H]3O[C@H](CO)[C@@H](O)[C@H](O)[C@H]3O)C[C@@H]12. The zero-order chi connectivity index (χ0) is 21.9. The fourth-order valence-corrected chi connectivity index (χ4v) is 4.91. The first kappa shape index (κ1) is 21.4. The Hall–Kier alpha value is -1.88. The third-order valence-corrected chi connectivity index (χ3v) is 6.63. The molecule has 2 fully saturated rings. The normalized spacial score (nSPS) is 43.9. The molecule has 0 aromatic heterocycles. The van der Waals surface area contributed by atoms with Crippen molar-refractivity contribution in [2.75, 3.05) is 6.61 Å².